The molecule has 40 heavy (non-hydrogen) atoms. The highest BCUT2D eigenvalue weighted by molar-refractivity contribution is 6.20. The number of nitrogens with one attached hydrogen (secondary N) is 2. The highest BCUT2D eigenvalue weighted by Crippen LogP contribution is 2.31. The van der Waals surface area contributed by atoms with E-state index in [1.807, 2.05) is 37.3 Å². The van der Waals surface area contributed by atoms with E-state index in [0.29, 0.717) is 33.9 Å². The maximum absolute atomic E-state index is 15.1. The number of urea groups is 1. The summed E-state index contributed by atoms with van der Waals surface area (Å²) in [5.74, 6) is -0.721. The normalized spacial score (nSPS) is 14.8. The van der Waals surface area contributed by atoms with Gasteiger partial charge < -0.3 is 15.1 Å². The first-order chi connectivity index (χ1) is 19.5. The van der Waals surface area contributed by atoms with E-state index >= 15 is 4.39 Å². The molecule has 2 N–H and O–H groups in total. The number of carbonyl (C=O) groups is 2. The van der Waals surface area contributed by atoms with E-state index in [4.69, 9.17) is 4.42 Å². The lowest BCUT2D eigenvalue weighted by atomic mass is 9.99. The Labute approximate surface area is 229 Å². The minimum absolute atomic E-state index is 0.0255. The Morgan fingerprint density at radius 3 is 2.50 bits per heavy atom. The first-order valence-electron chi connectivity index (χ1n) is 12.7. The second kappa shape index (κ2) is 10.5. The number of carbonyl (C=O) groups excluding carboxylic acids is 2. The molecular weight excluding hydrogens is 509 g/mol. The van der Waals surface area contributed by atoms with Gasteiger partial charge in [0.15, 0.2) is 5.58 Å². The summed E-state index contributed by atoms with van der Waals surface area (Å²) >= 11 is 0. The maximum atomic E-state index is 15.1. The molecule has 1 atom stereocenters. The third-order valence-electron chi connectivity index (χ3n) is 6.51. The number of nitrogens with zero attached hydrogens (tertiary/aromatic N) is 3. The molecule has 8 nitrogen and oxygen atoms in total. The maximum Gasteiger partial charge on any atom is 0.321 e. The van der Waals surface area contributed by atoms with Crippen molar-refractivity contribution in [1.82, 2.24) is 10.3 Å². The molecule has 1 aliphatic heterocycles. The zero-order valence-electron chi connectivity index (χ0n) is 21.5. The number of para-hydroxylation sites is 3. The average molecular weight is 534 g/mol. The first-order valence-corrected chi connectivity index (χ1v) is 12.7. The molecule has 0 aliphatic carbocycles. The molecule has 6 rings (SSSR count). The van der Waals surface area contributed by atoms with Crippen LogP contribution in [0.1, 0.15) is 22.6 Å². The summed E-state index contributed by atoms with van der Waals surface area (Å²) in [4.78, 5) is 37.7. The zero-order chi connectivity index (χ0) is 27.6. The lowest BCUT2D eigenvalue weighted by Gasteiger charge is -2.24. The van der Waals surface area contributed by atoms with Crippen molar-refractivity contribution in [2.24, 2.45) is 4.99 Å². The van der Waals surface area contributed by atoms with Crippen molar-refractivity contribution in [2.45, 2.75) is 19.6 Å². The molecule has 1 aromatic heterocycles. The zero-order valence-corrected chi connectivity index (χ0v) is 21.5. The number of aryl methyl sites for hydroxylation is 1. The molecule has 0 radical (unpaired) electrons. The molecule has 0 saturated carbocycles. The van der Waals surface area contributed by atoms with Crippen molar-refractivity contribution < 1.29 is 18.4 Å². The molecule has 9 heteroatoms. The number of halogens is 1. The Balaban J connectivity index is 1.42. The number of hydrogen-bond acceptors (Lipinski definition) is 5. The number of amides is 3. The lowest BCUT2D eigenvalue weighted by molar-refractivity contribution is -0.120. The van der Waals surface area contributed by atoms with Crippen molar-refractivity contribution in [3.8, 4) is 0 Å². The quantitative estimate of drug-likeness (QED) is 0.298. The van der Waals surface area contributed by atoms with Crippen molar-refractivity contribution in [2.75, 3.05) is 10.2 Å². The fourth-order valence-electron chi connectivity index (χ4n) is 4.69. The number of benzene rings is 4. The Hall–Kier alpha value is -5.31. The predicted octanol–water partition coefficient (Wildman–Crippen LogP) is 5.81. The van der Waals surface area contributed by atoms with Crippen LogP contribution in [0, 0.1) is 12.7 Å². The summed E-state index contributed by atoms with van der Waals surface area (Å²) in [5, 5.41) is 5.42. The van der Waals surface area contributed by atoms with Crippen LogP contribution in [-0.2, 0) is 11.3 Å². The SMILES string of the molecule is Cc1cccc(NC(=O)NC2N=C(c3ccccc3F)c3ccccc3N(Cc3nc4ccccc4o3)C2=O)c1. The highest BCUT2D eigenvalue weighted by Gasteiger charge is 2.34. The van der Waals surface area contributed by atoms with Gasteiger partial charge in [-0.2, -0.15) is 0 Å². The summed E-state index contributed by atoms with van der Waals surface area (Å²) in [6.07, 6.45) is -1.36. The highest BCUT2D eigenvalue weighted by atomic mass is 19.1. The molecular formula is C31H24FN5O3. The number of rotatable bonds is 5. The van der Waals surface area contributed by atoms with Crippen LogP contribution in [0.25, 0.3) is 11.1 Å². The largest absolute Gasteiger partial charge is 0.439 e. The molecule has 0 bridgehead atoms. The number of aliphatic imine (C=N–C) groups is 1. The lowest BCUT2D eigenvalue weighted by Crippen LogP contribution is -2.48. The Kier molecular flexibility index (Phi) is 6.53. The molecule has 0 fully saturated rings. The second-order valence-corrected chi connectivity index (χ2v) is 9.34. The summed E-state index contributed by atoms with van der Waals surface area (Å²) in [6, 6.07) is 27.2. The molecule has 0 spiro atoms. The van der Waals surface area contributed by atoms with E-state index in [0.717, 1.165) is 5.56 Å². The van der Waals surface area contributed by atoms with Crippen molar-refractivity contribution in [3.63, 3.8) is 0 Å². The topological polar surface area (TPSA) is 99.8 Å². The van der Waals surface area contributed by atoms with Gasteiger partial charge in [0.1, 0.15) is 17.9 Å². The molecule has 1 unspecified atom stereocenters. The smallest absolute Gasteiger partial charge is 0.321 e. The number of fused-ring (bicyclic) bond motifs is 2. The summed E-state index contributed by atoms with van der Waals surface area (Å²) in [7, 11) is 0. The molecule has 198 valence electrons. The van der Waals surface area contributed by atoms with Gasteiger partial charge in [-0.15, -0.1) is 0 Å². The minimum Gasteiger partial charge on any atom is -0.439 e. The van der Waals surface area contributed by atoms with Gasteiger partial charge in [0.05, 0.1) is 11.4 Å². The Morgan fingerprint density at radius 1 is 0.950 bits per heavy atom. The van der Waals surface area contributed by atoms with Gasteiger partial charge in [-0.3, -0.25) is 9.69 Å². The molecule has 5 aromatic rings. The van der Waals surface area contributed by atoms with Crippen molar-refractivity contribution in [3.05, 3.63) is 125 Å². The van der Waals surface area contributed by atoms with Gasteiger partial charge in [-0.05, 0) is 55.0 Å². The van der Waals surface area contributed by atoms with Crippen LogP contribution >= 0.6 is 0 Å². The van der Waals surface area contributed by atoms with E-state index in [2.05, 4.69) is 20.6 Å². The third-order valence-corrected chi connectivity index (χ3v) is 6.51. The number of benzodiazepines with no additional fused rings is 1. The van der Waals surface area contributed by atoms with Crippen LogP contribution in [0.15, 0.2) is 106 Å². The van der Waals surface area contributed by atoms with E-state index in [1.54, 1.807) is 60.7 Å². The number of anilines is 2. The second-order valence-electron chi connectivity index (χ2n) is 9.34. The van der Waals surface area contributed by atoms with Gasteiger partial charge in [0.25, 0.3) is 5.91 Å². The van der Waals surface area contributed by atoms with E-state index < -0.39 is 23.9 Å². The first kappa shape index (κ1) is 25.0. The fraction of sp³-hybridized carbons (Fsp3) is 0.0968. The van der Waals surface area contributed by atoms with Gasteiger partial charge in [-0.1, -0.05) is 54.6 Å². The minimum atomic E-state index is -1.36. The summed E-state index contributed by atoms with van der Waals surface area (Å²) in [5.41, 5.74) is 4.22. The molecule has 2 heterocycles. The summed E-state index contributed by atoms with van der Waals surface area (Å²) in [6.45, 7) is 1.88. The van der Waals surface area contributed by atoms with Crippen LogP contribution < -0.4 is 15.5 Å². The predicted molar refractivity (Wildman–Crippen MR) is 151 cm³/mol. The number of hydrogen-bond donors (Lipinski definition) is 2. The molecule has 1 aliphatic rings. The third kappa shape index (κ3) is 4.92. The van der Waals surface area contributed by atoms with Gasteiger partial charge in [-0.25, -0.2) is 19.2 Å². The van der Waals surface area contributed by atoms with E-state index in [1.165, 1.54) is 11.0 Å². The average Bonchev–Trinajstić information content (AvgIpc) is 3.33. The van der Waals surface area contributed by atoms with Crippen molar-refractivity contribution in [1.29, 1.82) is 0 Å². The van der Waals surface area contributed by atoms with Crippen LogP contribution in [0.2, 0.25) is 0 Å². The summed E-state index contributed by atoms with van der Waals surface area (Å²) < 4.78 is 21.0. The molecule has 4 aromatic carbocycles. The van der Waals surface area contributed by atoms with Gasteiger partial charge >= 0.3 is 6.03 Å². The van der Waals surface area contributed by atoms with Gasteiger partial charge in [0.2, 0.25) is 12.1 Å². The van der Waals surface area contributed by atoms with E-state index in [-0.39, 0.29) is 17.8 Å². The van der Waals surface area contributed by atoms with Crippen LogP contribution in [0.3, 0.4) is 0 Å². The number of oxazole rings is 1. The molecule has 3 amide bonds. The van der Waals surface area contributed by atoms with Crippen LogP contribution in [-0.4, -0.2) is 28.8 Å². The fourth-order valence-corrected chi connectivity index (χ4v) is 4.69. The monoisotopic (exact) mass is 533 g/mol. The Bertz CT molecular complexity index is 1750. The Morgan fingerprint density at radius 2 is 1.70 bits per heavy atom. The van der Waals surface area contributed by atoms with Crippen molar-refractivity contribution >= 4 is 40.1 Å². The molecule has 0 saturated heterocycles. The van der Waals surface area contributed by atoms with Gasteiger partial charge in [0, 0.05) is 16.8 Å². The van der Waals surface area contributed by atoms with E-state index in [9.17, 15) is 9.59 Å². The standard InChI is InChI=1S/C31H24FN5O3/c1-19-9-8-10-20(17-19)33-31(39)36-29-30(38)37(18-27-34-24-14-5-7-16-26(24)40-27)25-15-6-3-12-22(25)28(35-29)21-11-2-4-13-23(21)32/h2-17,29H,18H2,1H3,(H2,33,36,39). The number of aromatic nitrogens is 1. The van der Waals surface area contributed by atoms with Crippen LogP contribution in [0.5, 0.6) is 0 Å². The van der Waals surface area contributed by atoms with Crippen LogP contribution in [0.4, 0.5) is 20.6 Å².